The van der Waals surface area contributed by atoms with Crippen molar-refractivity contribution in [2.24, 2.45) is 0 Å². The molecule has 0 bridgehead atoms. The van der Waals surface area contributed by atoms with Crippen molar-refractivity contribution in [1.29, 1.82) is 0 Å². The van der Waals surface area contributed by atoms with E-state index in [2.05, 4.69) is 205 Å². The molecule has 0 radical (unpaired) electrons. The summed E-state index contributed by atoms with van der Waals surface area (Å²) < 4.78 is 9.66. The van der Waals surface area contributed by atoms with Crippen molar-refractivity contribution in [2.75, 3.05) is 4.90 Å². The van der Waals surface area contributed by atoms with E-state index in [1.807, 2.05) is 11.3 Å². The topological polar surface area (TPSA) is 16.4 Å². The van der Waals surface area contributed by atoms with Gasteiger partial charge >= 0.3 is 0 Å². The average Bonchev–Trinajstić information content (AvgIpc) is 3.84. The Balaban J connectivity index is 1.20. The van der Waals surface area contributed by atoms with E-state index >= 15 is 0 Å². The highest BCUT2D eigenvalue weighted by molar-refractivity contribution is 7.26. The molecule has 2 aromatic heterocycles. The number of para-hydroxylation sites is 1. The Morgan fingerprint density at radius 1 is 0.364 bits per heavy atom. The van der Waals surface area contributed by atoms with E-state index in [1.54, 1.807) is 0 Å². The minimum Gasteiger partial charge on any atom is -0.453 e. The summed E-state index contributed by atoms with van der Waals surface area (Å²) in [6.07, 6.45) is 0. The van der Waals surface area contributed by atoms with Gasteiger partial charge in [0.05, 0.1) is 16.1 Å². The van der Waals surface area contributed by atoms with Crippen LogP contribution in [0.1, 0.15) is 0 Å². The standard InChI is InChI=1S/C52H33NOS/c1-3-13-34(14-4-1)40-32-46-44-21-11-20-42(37-16-5-2-6-17-37)50(44)54-51(46)48(33-40)53(47-23-12-22-45-43-19-9-10-24-49(43)55-52(45)47)41-29-27-36(28-30-41)39-26-25-35-15-7-8-18-38(35)31-39/h1-33H. The van der Waals surface area contributed by atoms with Crippen molar-refractivity contribution < 1.29 is 4.42 Å². The van der Waals surface area contributed by atoms with Gasteiger partial charge in [0.1, 0.15) is 5.58 Å². The van der Waals surface area contributed by atoms with Gasteiger partial charge in [0.2, 0.25) is 0 Å². The van der Waals surface area contributed by atoms with Crippen LogP contribution < -0.4 is 4.90 Å². The van der Waals surface area contributed by atoms with E-state index < -0.39 is 0 Å². The van der Waals surface area contributed by atoms with E-state index in [0.717, 1.165) is 61.3 Å². The highest BCUT2D eigenvalue weighted by atomic mass is 32.1. The highest BCUT2D eigenvalue weighted by Gasteiger charge is 2.24. The summed E-state index contributed by atoms with van der Waals surface area (Å²) in [5.41, 5.74) is 11.8. The van der Waals surface area contributed by atoms with Gasteiger partial charge in [-0.2, -0.15) is 0 Å². The number of benzene rings is 9. The minimum absolute atomic E-state index is 0.856. The lowest BCUT2D eigenvalue weighted by Gasteiger charge is -2.27. The normalized spacial score (nSPS) is 11.6. The lowest BCUT2D eigenvalue weighted by molar-refractivity contribution is 0.670. The molecule has 9 aromatic carbocycles. The van der Waals surface area contributed by atoms with Crippen LogP contribution >= 0.6 is 11.3 Å². The first-order valence-corrected chi connectivity index (χ1v) is 19.5. The number of anilines is 3. The van der Waals surface area contributed by atoms with Gasteiger partial charge in [-0.25, -0.2) is 0 Å². The van der Waals surface area contributed by atoms with Crippen LogP contribution in [0.15, 0.2) is 205 Å². The molecule has 0 saturated heterocycles. The number of furan rings is 1. The van der Waals surface area contributed by atoms with Gasteiger partial charge in [-0.3, -0.25) is 0 Å². The maximum absolute atomic E-state index is 7.15. The van der Waals surface area contributed by atoms with Crippen molar-refractivity contribution in [3.8, 4) is 33.4 Å². The van der Waals surface area contributed by atoms with Crippen LogP contribution in [0.5, 0.6) is 0 Å². The average molecular weight is 720 g/mol. The molecular formula is C52H33NOS. The molecule has 2 nitrogen and oxygen atoms in total. The predicted molar refractivity (Wildman–Crippen MR) is 235 cm³/mol. The molecule has 0 aliphatic carbocycles. The number of hydrogen-bond donors (Lipinski definition) is 0. The molecule has 0 saturated carbocycles. The number of hydrogen-bond acceptors (Lipinski definition) is 3. The molecule has 2 heterocycles. The SMILES string of the molecule is c1ccc(-c2cc(N(c3ccc(-c4ccc5ccccc5c4)cc3)c3cccc4c3sc3ccccc34)c3oc4c(-c5ccccc5)cccc4c3c2)cc1. The second-order valence-electron chi connectivity index (χ2n) is 14.1. The predicted octanol–water partition coefficient (Wildman–Crippen LogP) is 15.6. The molecular weight excluding hydrogens is 687 g/mol. The van der Waals surface area contributed by atoms with Crippen molar-refractivity contribution in [1.82, 2.24) is 0 Å². The van der Waals surface area contributed by atoms with Gasteiger partial charge < -0.3 is 9.32 Å². The minimum atomic E-state index is 0.856. The Kier molecular flexibility index (Phi) is 7.39. The van der Waals surface area contributed by atoms with Crippen LogP contribution in [0.4, 0.5) is 17.1 Å². The Hall–Kier alpha value is -6.94. The Morgan fingerprint density at radius 2 is 1.02 bits per heavy atom. The molecule has 0 amide bonds. The third-order valence-corrected chi connectivity index (χ3v) is 12.1. The van der Waals surface area contributed by atoms with Crippen LogP contribution in [0, 0.1) is 0 Å². The summed E-state index contributed by atoms with van der Waals surface area (Å²) in [6.45, 7) is 0. The molecule has 11 rings (SSSR count). The lowest BCUT2D eigenvalue weighted by Crippen LogP contribution is -2.10. The highest BCUT2D eigenvalue weighted by Crippen LogP contribution is 2.49. The smallest absolute Gasteiger partial charge is 0.159 e. The Morgan fingerprint density at radius 3 is 1.85 bits per heavy atom. The van der Waals surface area contributed by atoms with Gasteiger partial charge in [-0.15, -0.1) is 11.3 Å². The first-order valence-electron chi connectivity index (χ1n) is 18.7. The second-order valence-corrected chi connectivity index (χ2v) is 15.1. The molecule has 0 N–H and O–H groups in total. The summed E-state index contributed by atoms with van der Waals surface area (Å²) in [4.78, 5) is 2.42. The lowest BCUT2D eigenvalue weighted by atomic mass is 9.98. The monoisotopic (exact) mass is 719 g/mol. The molecule has 3 heteroatoms. The van der Waals surface area contributed by atoms with E-state index in [0.29, 0.717) is 0 Å². The molecule has 258 valence electrons. The zero-order chi connectivity index (χ0) is 36.3. The van der Waals surface area contributed by atoms with Gasteiger partial charge in [0.15, 0.2) is 5.58 Å². The molecule has 55 heavy (non-hydrogen) atoms. The van der Waals surface area contributed by atoms with E-state index in [4.69, 9.17) is 4.42 Å². The number of thiophene rings is 1. The van der Waals surface area contributed by atoms with Crippen LogP contribution in [-0.2, 0) is 0 Å². The maximum Gasteiger partial charge on any atom is 0.159 e. The summed E-state index contributed by atoms with van der Waals surface area (Å²) in [5, 5.41) is 7.20. The third kappa shape index (κ3) is 5.32. The zero-order valence-electron chi connectivity index (χ0n) is 29.8. The number of fused-ring (bicyclic) bond motifs is 7. The molecule has 0 fully saturated rings. The van der Waals surface area contributed by atoms with Crippen LogP contribution in [0.25, 0.3) is 86.3 Å². The second kappa shape index (κ2) is 12.9. The summed E-state index contributed by atoms with van der Waals surface area (Å²) in [5.74, 6) is 0. The molecule has 0 atom stereocenters. The van der Waals surface area contributed by atoms with E-state index in [1.165, 1.54) is 42.1 Å². The van der Waals surface area contributed by atoms with Crippen molar-refractivity contribution >= 4 is 81.3 Å². The molecule has 0 aliphatic rings. The first kappa shape index (κ1) is 31.6. The number of rotatable bonds is 6. The van der Waals surface area contributed by atoms with Crippen molar-refractivity contribution in [3.05, 3.63) is 200 Å². The first-order chi connectivity index (χ1) is 27.3. The Labute approximate surface area is 322 Å². The largest absolute Gasteiger partial charge is 0.453 e. The molecule has 0 unspecified atom stereocenters. The van der Waals surface area contributed by atoms with Crippen LogP contribution in [-0.4, -0.2) is 0 Å². The van der Waals surface area contributed by atoms with Gasteiger partial charge in [-0.05, 0) is 81.1 Å². The number of nitrogens with zero attached hydrogens (tertiary/aromatic N) is 1. The van der Waals surface area contributed by atoms with Gasteiger partial charge in [0, 0.05) is 37.5 Å². The van der Waals surface area contributed by atoms with Gasteiger partial charge in [-0.1, -0.05) is 158 Å². The van der Waals surface area contributed by atoms with Gasteiger partial charge in [0.25, 0.3) is 0 Å². The molecule has 11 aromatic rings. The van der Waals surface area contributed by atoms with Crippen molar-refractivity contribution in [3.63, 3.8) is 0 Å². The summed E-state index contributed by atoms with van der Waals surface area (Å²) in [6, 6.07) is 72.1. The maximum atomic E-state index is 7.15. The van der Waals surface area contributed by atoms with Crippen LogP contribution in [0.3, 0.4) is 0 Å². The zero-order valence-corrected chi connectivity index (χ0v) is 30.6. The third-order valence-electron chi connectivity index (χ3n) is 10.8. The molecule has 0 aliphatic heterocycles. The summed E-state index contributed by atoms with van der Waals surface area (Å²) in [7, 11) is 0. The fraction of sp³-hybridized carbons (Fsp3) is 0. The quantitative estimate of drug-likeness (QED) is 0.170. The fourth-order valence-electron chi connectivity index (χ4n) is 8.18. The van der Waals surface area contributed by atoms with Crippen LogP contribution in [0.2, 0.25) is 0 Å². The Bertz CT molecular complexity index is 3190. The van der Waals surface area contributed by atoms with E-state index in [9.17, 15) is 0 Å². The summed E-state index contributed by atoms with van der Waals surface area (Å²) >= 11 is 1.85. The molecule has 0 spiro atoms. The fourth-order valence-corrected chi connectivity index (χ4v) is 9.38. The van der Waals surface area contributed by atoms with E-state index in [-0.39, 0.29) is 0 Å². The van der Waals surface area contributed by atoms with Crippen molar-refractivity contribution in [2.45, 2.75) is 0 Å².